The zero-order valence-electron chi connectivity index (χ0n) is 12.8. The fourth-order valence-electron chi connectivity index (χ4n) is 2.28. The highest BCUT2D eigenvalue weighted by atomic mass is 32.2. The Bertz CT molecular complexity index is 720. The number of ketones is 1. The molecule has 3 nitrogen and oxygen atoms in total. The zero-order chi connectivity index (χ0) is 16.3. The lowest BCUT2D eigenvalue weighted by Gasteiger charge is -2.13. The van der Waals surface area contributed by atoms with Gasteiger partial charge in [0.05, 0.1) is 5.56 Å². The van der Waals surface area contributed by atoms with E-state index in [1.165, 1.54) is 12.1 Å². The molecule has 2 aromatic rings. The van der Waals surface area contributed by atoms with Crippen molar-refractivity contribution in [3.63, 3.8) is 0 Å². The van der Waals surface area contributed by atoms with Crippen LogP contribution in [0.3, 0.4) is 0 Å². The second-order valence-corrected chi connectivity index (χ2v) is 6.90. The summed E-state index contributed by atoms with van der Waals surface area (Å²) in [6.45, 7) is 6.07. The molecule has 2 rings (SSSR count). The first-order valence-corrected chi connectivity index (χ1v) is 7.91. The molecule has 0 amide bonds. The number of phenolic OH excluding ortho intramolecular Hbond substituents is 1. The highest BCUT2D eigenvalue weighted by molar-refractivity contribution is 8.00. The Balaban J connectivity index is 2.54. The topological polar surface area (TPSA) is 54.4 Å². The molecule has 0 atom stereocenters. The number of benzene rings is 2. The average molecular weight is 314 g/mol. The van der Waals surface area contributed by atoms with Crippen molar-refractivity contribution in [2.24, 2.45) is 0 Å². The molecule has 0 fully saturated rings. The third kappa shape index (κ3) is 3.22. The standard InChI is InChI=1S/C18H18O3S/c1-11(2)22-16-9-5-7-14(12(16)3)18(21)17-13(10-19)6-4-8-15(17)20/h4-11,20H,1-3H3. The van der Waals surface area contributed by atoms with Crippen LogP contribution in [0.25, 0.3) is 0 Å². The highest BCUT2D eigenvalue weighted by Crippen LogP contribution is 2.31. The minimum atomic E-state index is -0.330. The largest absolute Gasteiger partial charge is 0.507 e. The van der Waals surface area contributed by atoms with Crippen LogP contribution >= 0.6 is 11.8 Å². The summed E-state index contributed by atoms with van der Waals surface area (Å²) in [5.74, 6) is -0.500. The van der Waals surface area contributed by atoms with E-state index in [0.29, 0.717) is 17.1 Å². The van der Waals surface area contributed by atoms with Gasteiger partial charge < -0.3 is 5.11 Å². The molecule has 1 N–H and O–H groups in total. The van der Waals surface area contributed by atoms with E-state index in [0.717, 1.165) is 10.5 Å². The second kappa shape index (κ2) is 6.79. The SMILES string of the molecule is Cc1c(SC(C)C)cccc1C(=O)c1c(O)cccc1C=O. The Labute approximate surface area is 134 Å². The van der Waals surface area contributed by atoms with Gasteiger partial charge in [-0.3, -0.25) is 9.59 Å². The van der Waals surface area contributed by atoms with Gasteiger partial charge in [0.2, 0.25) is 0 Å². The van der Waals surface area contributed by atoms with Crippen molar-refractivity contribution >= 4 is 23.8 Å². The van der Waals surface area contributed by atoms with Crippen molar-refractivity contribution in [3.05, 3.63) is 58.7 Å². The monoisotopic (exact) mass is 314 g/mol. The van der Waals surface area contributed by atoms with Crippen LogP contribution in [0.4, 0.5) is 0 Å². The van der Waals surface area contributed by atoms with Crippen LogP contribution in [-0.4, -0.2) is 22.4 Å². The molecule has 0 aromatic heterocycles. The molecule has 0 aliphatic heterocycles. The summed E-state index contributed by atoms with van der Waals surface area (Å²) in [7, 11) is 0. The Morgan fingerprint density at radius 2 is 1.86 bits per heavy atom. The molecule has 0 aliphatic rings. The quantitative estimate of drug-likeness (QED) is 0.509. The lowest BCUT2D eigenvalue weighted by Crippen LogP contribution is -2.08. The van der Waals surface area contributed by atoms with E-state index in [1.54, 1.807) is 23.9 Å². The van der Waals surface area contributed by atoms with Gasteiger partial charge in [-0.1, -0.05) is 38.1 Å². The van der Waals surface area contributed by atoms with E-state index < -0.39 is 0 Å². The summed E-state index contributed by atoms with van der Waals surface area (Å²) < 4.78 is 0. The zero-order valence-corrected chi connectivity index (χ0v) is 13.6. The summed E-state index contributed by atoms with van der Waals surface area (Å²) >= 11 is 1.68. The highest BCUT2D eigenvalue weighted by Gasteiger charge is 2.20. The summed E-state index contributed by atoms with van der Waals surface area (Å²) in [6.07, 6.45) is 0.592. The minimum Gasteiger partial charge on any atom is -0.507 e. The Morgan fingerprint density at radius 3 is 2.50 bits per heavy atom. The van der Waals surface area contributed by atoms with Gasteiger partial charge in [-0.25, -0.2) is 0 Å². The van der Waals surface area contributed by atoms with E-state index in [2.05, 4.69) is 13.8 Å². The van der Waals surface area contributed by atoms with Gasteiger partial charge in [0, 0.05) is 21.3 Å². The normalized spacial score (nSPS) is 10.7. The Kier molecular flexibility index (Phi) is 5.03. The van der Waals surface area contributed by atoms with Crippen LogP contribution in [0.2, 0.25) is 0 Å². The van der Waals surface area contributed by atoms with Crippen molar-refractivity contribution in [1.29, 1.82) is 0 Å². The maximum absolute atomic E-state index is 12.8. The molecular weight excluding hydrogens is 296 g/mol. The molecule has 0 bridgehead atoms. The van der Waals surface area contributed by atoms with Crippen LogP contribution in [0.1, 0.15) is 45.7 Å². The molecule has 0 unspecified atom stereocenters. The Hall–Kier alpha value is -2.07. The maximum atomic E-state index is 12.8. The fraction of sp³-hybridized carbons (Fsp3) is 0.222. The van der Waals surface area contributed by atoms with Crippen LogP contribution in [0.5, 0.6) is 5.75 Å². The molecule has 0 saturated carbocycles. The van der Waals surface area contributed by atoms with E-state index in [9.17, 15) is 14.7 Å². The molecule has 0 spiro atoms. The summed E-state index contributed by atoms with van der Waals surface area (Å²) in [4.78, 5) is 25.0. The molecule has 0 radical (unpaired) electrons. The van der Waals surface area contributed by atoms with E-state index in [4.69, 9.17) is 0 Å². The van der Waals surface area contributed by atoms with Gasteiger partial charge in [0.1, 0.15) is 5.75 Å². The van der Waals surface area contributed by atoms with Crippen molar-refractivity contribution in [2.75, 3.05) is 0 Å². The number of carbonyl (C=O) groups excluding carboxylic acids is 2. The van der Waals surface area contributed by atoms with Gasteiger partial charge in [0.15, 0.2) is 12.1 Å². The number of aromatic hydroxyl groups is 1. The van der Waals surface area contributed by atoms with Crippen LogP contribution in [0.15, 0.2) is 41.3 Å². The van der Waals surface area contributed by atoms with Crippen LogP contribution in [-0.2, 0) is 0 Å². The lowest BCUT2D eigenvalue weighted by atomic mass is 9.95. The number of aldehydes is 1. The first-order chi connectivity index (χ1) is 10.5. The molecule has 114 valence electrons. The van der Waals surface area contributed by atoms with Crippen molar-refractivity contribution < 1.29 is 14.7 Å². The molecular formula is C18H18O3S. The second-order valence-electron chi connectivity index (χ2n) is 5.28. The summed E-state index contributed by atoms with van der Waals surface area (Å²) in [6, 6.07) is 10.0. The summed E-state index contributed by atoms with van der Waals surface area (Å²) in [5.41, 5.74) is 1.64. The lowest BCUT2D eigenvalue weighted by molar-refractivity contribution is 0.102. The fourth-order valence-corrected chi connectivity index (χ4v) is 3.23. The van der Waals surface area contributed by atoms with Gasteiger partial charge in [-0.15, -0.1) is 11.8 Å². The number of thioether (sulfide) groups is 1. The summed E-state index contributed by atoms with van der Waals surface area (Å²) in [5, 5.41) is 10.4. The minimum absolute atomic E-state index is 0.0623. The van der Waals surface area contributed by atoms with Crippen LogP contribution in [0, 0.1) is 6.92 Å². The van der Waals surface area contributed by atoms with Crippen molar-refractivity contribution in [1.82, 2.24) is 0 Å². The number of carbonyl (C=O) groups is 2. The van der Waals surface area contributed by atoms with Gasteiger partial charge >= 0.3 is 0 Å². The molecule has 4 heteroatoms. The van der Waals surface area contributed by atoms with E-state index in [1.807, 2.05) is 19.1 Å². The van der Waals surface area contributed by atoms with Crippen molar-refractivity contribution in [3.8, 4) is 5.75 Å². The molecule has 0 saturated heterocycles. The number of phenols is 1. The Morgan fingerprint density at radius 1 is 1.18 bits per heavy atom. The molecule has 0 aliphatic carbocycles. The van der Waals surface area contributed by atoms with E-state index >= 15 is 0 Å². The van der Waals surface area contributed by atoms with Crippen molar-refractivity contribution in [2.45, 2.75) is 30.9 Å². The van der Waals surface area contributed by atoms with Gasteiger partial charge in [-0.05, 0) is 24.6 Å². The van der Waals surface area contributed by atoms with E-state index in [-0.39, 0.29) is 22.7 Å². The first kappa shape index (κ1) is 16.3. The smallest absolute Gasteiger partial charge is 0.197 e. The van der Waals surface area contributed by atoms with Gasteiger partial charge in [0.25, 0.3) is 0 Å². The maximum Gasteiger partial charge on any atom is 0.197 e. The predicted molar refractivity (Wildman–Crippen MR) is 89.1 cm³/mol. The molecule has 0 heterocycles. The third-order valence-electron chi connectivity index (χ3n) is 3.32. The number of hydrogen-bond acceptors (Lipinski definition) is 4. The predicted octanol–water partition coefficient (Wildman–Crippen LogP) is 4.24. The average Bonchev–Trinajstić information content (AvgIpc) is 2.48. The third-order valence-corrected chi connectivity index (χ3v) is 4.49. The first-order valence-electron chi connectivity index (χ1n) is 7.03. The molecule has 22 heavy (non-hydrogen) atoms. The molecule has 2 aromatic carbocycles. The van der Waals surface area contributed by atoms with Gasteiger partial charge in [-0.2, -0.15) is 0 Å². The number of hydrogen-bond donors (Lipinski definition) is 1. The van der Waals surface area contributed by atoms with Crippen LogP contribution < -0.4 is 0 Å². The number of rotatable bonds is 5.